The summed E-state index contributed by atoms with van der Waals surface area (Å²) in [6.45, 7) is 5.47. The van der Waals surface area contributed by atoms with Gasteiger partial charge in [-0.15, -0.1) is 0 Å². The van der Waals surface area contributed by atoms with Gasteiger partial charge in [0.15, 0.2) is 0 Å². The first-order valence-electron chi connectivity index (χ1n) is 6.36. The zero-order valence-electron chi connectivity index (χ0n) is 10.2. The van der Waals surface area contributed by atoms with E-state index in [0.717, 1.165) is 45.3 Å². The van der Waals surface area contributed by atoms with Crippen molar-refractivity contribution >= 4 is 5.91 Å². The Morgan fingerprint density at radius 2 is 2.38 bits per heavy atom. The third-order valence-corrected chi connectivity index (χ3v) is 3.08. The molecule has 1 saturated heterocycles. The summed E-state index contributed by atoms with van der Waals surface area (Å²) in [6.07, 6.45) is 4.33. The van der Waals surface area contributed by atoms with E-state index < -0.39 is 0 Å². The highest BCUT2D eigenvalue weighted by Gasteiger charge is 2.20. The molecule has 4 nitrogen and oxygen atoms in total. The fourth-order valence-corrected chi connectivity index (χ4v) is 2.11. The van der Waals surface area contributed by atoms with Crippen LogP contribution in [-0.2, 0) is 4.79 Å². The van der Waals surface area contributed by atoms with Gasteiger partial charge in [-0.1, -0.05) is 13.3 Å². The van der Waals surface area contributed by atoms with E-state index in [-0.39, 0.29) is 12.5 Å². The molecule has 16 heavy (non-hydrogen) atoms. The predicted octanol–water partition coefficient (Wildman–Crippen LogP) is 0.607. The topological polar surface area (TPSA) is 52.6 Å². The number of nitrogens with zero attached hydrogens (tertiary/aromatic N) is 1. The molecule has 0 aromatic heterocycles. The van der Waals surface area contributed by atoms with Gasteiger partial charge in [-0.2, -0.15) is 0 Å². The maximum Gasteiger partial charge on any atom is 0.234 e. The quantitative estimate of drug-likeness (QED) is 0.655. The van der Waals surface area contributed by atoms with Crippen LogP contribution in [0.25, 0.3) is 0 Å². The fourth-order valence-electron chi connectivity index (χ4n) is 2.11. The highest BCUT2D eigenvalue weighted by Crippen LogP contribution is 2.14. The molecule has 1 aliphatic heterocycles. The molecule has 0 bridgehead atoms. The van der Waals surface area contributed by atoms with Crippen molar-refractivity contribution in [1.29, 1.82) is 0 Å². The first-order valence-corrected chi connectivity index (χ1v) is 6.36. The number of piperidine rings is 1. The Morgan fingerprint density at radius 3 is 3.06 bits per heavy atom. The van der Waals surface area contributed by atoms with Crippen LogP contribution in [0.3, 0.4) is 0 Å². The number of carbonyl (C=O) groups is 1. The third kappa shape index (κ3) is 4.94. The average Bonchev–Trinajstić information content (AvgIpc) is 2.29. The van der Waals surface area contributed by atoms with Gasteiger partial charge in [-0.05, 0) is 31.7 Å². The molecule has 1 aliphatic rings. The number of aliphatic hydroxyl groups excluding tert-OH is 1. The van der Waals surface area contributed by atoms with Crippen molar-refractivity contribution in [2.75, 3.05) is 32.8 Å². The first kappa shape index (κ1) is 13.5. The normalized spacial score (nSPS) is 22.0. The molecule has 1 rings (SSSR count). The van der Waals surface area contributed by atoms with Crippen molar-refractivity contribution in [2.45, 2.75) is 32.6 Å². The Bertz CT molecular complexity index is 209. The number of aliphatic hydroxyl groups is 1. The van der Waals surface area contributed by atoms with Crippen molar-refractivity contribution in [3.05, 3.63) is 0 Å². The smallest absolute Gasteiger partial charge is 0.234 e. The van der Waals surface area contributed by atoms with Crippen molar-refractivity contribution in [3.63, 3.8) is 0 Å². The minimum atomic E-state index is 0.118. The van der Waals surface area contributed by atoms with Crippen LogP contribution in [0.1, 0.15) is 32.6 Å². The molecular weight excluding hydrogens is 204 g/mol. The van der Waals surface area contributed by atoms with E-state index >= 15 is 0 Å². The fraction of sp³-hybridized carbons (Fsp3) is 0.917. The van der Waals surface area contributed by atoms with Gasteiger partial charge in [-0.25, -0.2) is 0 Å². The lowest BCUT2D eigenvalue weighted by molar-refractivity contribution is -0.122. The molecule has 0 saturated carbocycles. The number of likely N-dealkylation sites (tertiary alicyclic amines) is 1. The summed E-state index contributed by atoms with van der Waals surface area (Å²) in [5.41, 5.74) is 0. The van der Waals surface area contributed by atoms with Crippen molar-refractivity contribution in [3.8, 4) is 0 Å². The van der Waals surface area contributed by atoms with Crippen LogP contribution in [0.5, 0.6) is 0 Å². The monoisotopic (exact) mass is 228 g/mol. The van der Waals surface area contributed by atoms with E-state index in [1.54, 1.807) is 0 Å². The second-order valence-corrected chi connectivity index (χ2v) is 4.63. The molecule has 0 aromatic rings. The van der Waals surface area contributed by atoms with Crippen LogP contribution < -0.4 is 5.32 Å². The Balaban J connectivity index is 2.17. The average molecular weight is 228 g/mol. The number of nitrogens with one attached hydrogen (secondary N) is 1. The number of hydrogen-bond acceptors (Lipinski definition) is 3. The minimum absolute atomic E-state index is 0.118. The molecule has 1 fully saturated rings. The Kier molecular flexibility index (Phi) is 6.42. The largest absolute Gasteiger partial charge is 0.396 e. The maximum atomic E-state index is 11.6. The number of carbonyl (C=O) groups excluding carboxylic acids is 1. The van der Waals surface area contributed by atoms with Gasteiger partial charge < -0.3 is 10.4 Å². The Labute approximate surface area is 98.0 Å². The van der Waals surface area contributed by atoms with Crippen molar-refractivity contribution in [2.24, 2.45) is 5.92 Å². The van der Waals surface area contributed by atoms with Gasteiger partial charge in [0.05, 0.1) is 6.54 Å². The third-order valence-electron chi connectivity index (χ3n) is 3.08. The molecule has 1 amide bonds. The SMILES string of the molecule is CCCCNC(=O)CN1CCC[C@H](CO)C1. The van der Waals surface area contributed by atoms with E-state index in [9.17, 15) is 4.79 Å². The van der Waals surface area contributed by atoms with Gasteiger partial charge >= 0.3 is 0 Å². The summed E-state index contributed by atoms with van der Waals surface area (Å²) < 4.78 is 0. The zero-order valence-corrected chi connectivity index (χ0v) is 10.2. The van der Waals surface area contributed by atoms with Gasteiger partial charge in [0.25, 0.3) is 0 Å². The molecule has 0 unspecified atom stereocenters. The van der Waals surface area contributed by atoms with Crippen LogP contribution in [0.15, 0.2) is 0 Å². The summed E-state index contributed by atoms with van der Waals surface area (Å²) in [5.74, 6) is 0.476. The zero-order chi connectivity index (χ0) is 11.8. The van der Waals surface area contributed by atoms with Crippen LogP contribution in [0.4, 0.5) is 0 Å². The summed E-state index contributed by atoms with van der Waals surface area (Å²) >= 11 is 0. The molecule has 2 N–H and O–H groups in total. The first-order chi connectivity index (χ1) is 7.76. The number of rotatable bonds is 6. The van der Waals surface area contributed by atoms with E-state index in [1.165, 1.54) is 0 Å². The molecule has 4 heteroatoms. The predicted molar refractivity (Wildman–Crippen MR) is 64.2 cm³/mol. The minimum Gasteiger partial charge on any atom is -0.396 e. The second kappa shape index (κ2) is 7.63. The standard InChI is InChI=1S/C12H24N2O2/c1-2-3-6-13-12(16)9-14-7-4-5-11(8-14)10-15/h11,15H,2-10H2,1H3,(H,13,16)/t11-/m0/s1. The summed E-state index contributed by atoms with van der Waals surface area (Å²) in [4.78, 5) is 13.7. The summed E-state index contributed by atoms with van der Waals surface area (Å²) in [7, 11) is 0. The van der Waals surface area contributed by atoms with Crippen LogP contribution >= 0.6 is 0 Å². The lowest BCUT2D eigenvalue weighted by Crippen LogP contribution is -2.43. The molecular formula is C12H24N2O2. The number of unbranched alkanes of at least 4 members (excludes halogenated alkanes) is 1. The summed E-state index contributed by atoms with van der Waals surface area (Å²) in [5, 5.41) is 12.0. The van der Waals surface area contributed by atoms with Crippen LogP contribution in [0.2, 0.25) is 0 Å². The highest BCUT2D eigenvalue weighted by molar-refractivity contribution is 5.77. The highest BCUT2D eigenvalue weighted by atomic mass is 16.3. The van der Waals surface area contributed by atoms with Gasteiger partial charge in [0.2, 0.25) is 5.91 Å². The molecule has 0 aliphatic carbocycles. The van der Waals surface area contributed by atoms with E-state index in [2.05, 4.69) is 17.1 Å². The van der Waals surface area contributed by atoms with Gasteiger partial charge in [0, 0.05) is 19.7 Å². The second-order valence-electron chi connectivity index (χ2n) is 4.63. The van der Waals surface area contributed by atoms with E-state index in [4.69, 9.17) is 5.11 Å². The maximum absolute atomic E-state index is 11.6. The van der Waals surface area contributed by atoms with E-state index in [1.807, 2.05) is 0 Å². The molecule has 1 heterocycles. The molecule has 0 spiro atoms. The van der Waals surface area contributed by atoms with Crippen LogP contribution in [0, 0.1) is 5.92 Å². The lowest BCUT2D eigenvalue weighted by atomic mass is 9.99. The Hall–Kier alpha value is -0.610. The molecule has 0 radical (unpaired) electrons. The Morgan fingerprint density at radius 1 is 1.56 bits per heavy atom. The number of hydrogen-bond donors (Lipinski definition) is 2. The molecule has 0 aromatic carbocycles. The molecule has 1 atom stereocenters. The van der Waals surface area contributed by atoms with Gasteiger partial charge in [-0.3, -0.25) is 9.69 Å². The van der Waals surface area contributed by atoms with Crippen LogP contribution in [-0.4, -0.2) is 48.7 Å². The van der Waals surface area contributed by atoms with Crippen molar-refractivity contribution < 1.29 is 9.90 Å². The lowest BCUT2D eigenvalue weighted by Gasteiger charge is -2.31. The van der Waals surface area contributed by atoms with E-state index in [0.29, 0.717) is 12.5 Å². The van der Waals surface area contributed by atoms with Gasteiger partial charge in [0.1, 0.15) is 0 Å². The summed E-state index contributed by atoms with van der Waals surface area (Å²) in [6, 6.07) is 0. The van der Waals surface area contributed by atoms with Crippen molar-refractivity contribution in [1.82, 2.24) is 10.2 Å². The molecule has 94 valence electrons. The number of amides is 1.